The van der Waals surface area contributed by atoms with Crippen molar-refractivity contribution in [3.05, 3.63) is 39.9 Å². The molecule has 0 spiro atoms. The Morgan fingerprint density at radius 1 is 1.18 bits per heavy atom. The zero-order valence-corrected chi connectivity index (χ0v) is 15.4. The molecule has 0 heterocycles. The lowest BCUT2D eigenvalue weighted by molar-refractivity contribution is -0.384. The normalized spacial score (nSPS) is 12.6. The van der Waals surface area contributed by atoms with E-state index in [-0.39, 0.29) is 12.1 Å². The highest BCUT2D eigenvalue weighted by atomic mass is 16.6. The second-order valence-corrected chi connectivity index (χ2v) is 5.87. The van der Waals surface area contributed by atoms with Gasteiger partial charge in [-0.05, 0) is 5.56 Å². The van der Waals surface area contributed by atoms with E-state index in [1.165, 1.54) is 31.2 Å². The first kappa shape index (κ1) is 22.5. The van der Waals surface area contributed by atoms with Gasteiger partial charge in [-0.3, -0.25) is 24.5 Å². The van der Waals surface area contributed by atoms with Gasteiger partial charge >= 0.3 is 17.9 Å². The lowest BCUT2D eigenvalue weighted by atomic mass is 9.87. The van der Waals surface area contributed by atoms with Crippen LogP contribution in [0, 0.1) is 22.0 Å². The number of hydrogen-bond donors (Lipinski definition) is 2. The van der Waals surface area contributed by atoms with Crippen LogP contribution >= 0.6 is 0 Å². The second-order valence-electron chi connectivity index (χ2n) is 5.87. The molecule has 0 fully saturated rings. The summed E-state index contributed by atoms with van der Waals surface area (Å²) in [6.07, 6.45) is -0.334. The van der Waals surface area contributed by atoms with Gasteiger partial charge in [0.05, 0.1) is 25.6 Å². The maximum absolute atomic E-state index is 12.2. The summed E-state index contributed by atoms with van der Waals surface area (Å²) in [6, 6.07) is 3.69. The van der Waals surface area contributed by atoms with Crippen LogP contribution in [0.3, 0.4) is 0 Å². The number of ether oxygens (including phenoxy) is 2. The average Bonchev–Trinajstić information content (AvgIpc) is 2.65. The number of rotatable bonds is 9. The third-order valence-electron chi connectivity index (χ3n) is 4.03. The van der Waals surface area contributed by atoms with Crippen LogP contribution in [-0.4, -0.2) is 54.1 Å². The van der Waals surface area contributed by atoms with E-state index in [2.05, 4.69) is 14.8 Å². The number of non-ortho nitro benzene ring substituents is 1. The van der Waals surface area contributed by atoms with Gasteiger partial charge in [0.2, 0.25) is 5.91 Å². The molecule has 28 heavy (non-hydrogen) atoms. The Kier molecular flexibility index (Phi) is 8.05. The van der Waals surface area contributed by atoms with E-state index in [0.29, 0.717) is 5.56 Å². The van der Waals surface area contributed by atoms with Crippen LogP contribution in [0.5, 0.6) is 0 Å². The lowest BCUT2D eigenvalue weighted by Crippen LogP contribution is -2.50. The lowest BCUT2D eigenvalue weighted by Gasteiger charge is -2.26. The Hall–Kier alpha value is -3.50. The first-order valence-corrected chi connectivity index (χ1v) is 8.03. The quantitative estimate of drug-likeness (QED) is 0.259. The molecule has 0 saturated carbocycles. The number of esters is 2. The van der Waals surface area contributed by atoms with Crippen LogP contribution in [0.15, 0.2) is 24.3 Å². The van der Waals surface area contributed by atoms with Gasteiger partial charge in [-0.15, -0.1) is 0 Å². The summed E-state index contributed by atoms with van der Waals surface area (Å²) in [5.74, 6) is -6.98. The number of nitrogens with one attached hydrogen (secondary N) is 1. The van der Waals surface area contributed by atoms with Crippen molar-refractivity contribution in [2.75, 3.05) is 14.2 Å². The summed E-state index contributed by atoms with van der Waals surface area (Å²) in [5, 5.41) is 22.4. The summed E-state index contributed by atoms with van der Waals surface area (Å²) >= 11 is 0. The summed E-state index contributed by atoms with van der Waals surface area (Å²) in [7, 11) is 2.06. The molecule has 0 bridgehead atoms. The van der Waals surface area contributed by atoms with Gasteiger partial charge in [0.15, 0.2) is 5.92 Å². The Balaban J connectivity index is 2.99. The summed E-state index contributed by atoms with van der Waals surface area (Å²) < 4.78 is 9.03. The molecule has 0 saturated heterocycles. The second kappa shape index (κ2) is 10.00. The first-order chi connectivity index (χ1) is 13.1. The molecule has 1 amide bonds. The summed E-state index contributed by atoms with van der Waals surface area (Å²) in [4.78, 5) is 57.7. The van der Waals surface area contributed by atoms with Crippen molar-refractivity contribution in [3.63, 3.8) is 0 Å². The van der Waals surface area contributed by atoms with Crippen LogP contribution in [0.1, 0.15) is 12.5 Å². The largest absolute Gasteiger partial charge is 0.480 e. The van der Waals surface area contributed by atoms with E-state index in [9.17, 15) is 34.4 Å². The molecular weight excluding hydrogens is 376 g/mol. The molecule has 11 heteroatoms. The Bertz CT molecular complexity index is 762. The number of nitrogens with zero attached hydrogens (tertiary/aromatic N) is 1. The van der Waals surface area contributed by atoms with E-state index in [4.69, 9.17) is 0 Å². The number of carbonyl (C=O) groups is 4. The standard InChI is InChI=1S/C17H20N2O9/c1-9(13(16(23)27-2)17(24)28-3)14(15(21)22)18-12(20)8-10-5-4-6-11(7-10)19(25)26/h4-7,9,13-14H,8H2,1-3H3,(H,18,20)(H,21,22)/t9-,14-/m1/s1. The topological polar surface area (TPSA) is 162 Å². The van der Waals surface area contributed by atoms with Crippen LogP contribution in [0.2, 0.25) is 0 Å². The minimum absolute atomic E-state index is 0.218. The van der Waals surface area contributed by atoms with Gasteiger partial charge in [-0.1, -0.05) is 19.1 Å². The highest BCUT2D eigenvalue weighted by Crippen LogP contribution is 2.20. The van der Waals surface area contributed by atoms with Gasteiger partial charge in [-0.25, -0.2) is 4.79 Å². The molecule has 2 N–H and O–H groups in total. The number of carbonyl (C=O) groups excluding carboxylic acids is 3. The van der Waals surface area contributed by atoms with Crippen LogP contribution in [-0.2, 0) is 35.1 Å². The van der Waals surface area contributed by atoms with Crippen molar-refractivity contribution < 1.29 is 38.7 Å². The molecule has 0 aliphatic heterocycles. The van der Waals surface area contributed by atoms with Crippen molar-refractivity contribution in [3.8, 4) is 0 Å². The molecule has 0 unspecified atom stereocenters. The van der Waals surface area contributed by atoms with Crippen LogP contribution < -0.4 is 5.32 Å². The predicted octanol–water partition coefficient (Wildman–Crippen LogP) is 0.305. The number of hydrogen-bond acceptors (Lipinski definition) is 8. The molecule has 152 valence electrons. The molecule has 1 aromatic rings. The molecule has 1 aromatic carbocycles. The number of aliphatic carboxylic acids is 1. The predicted molar refractivity (Wildman–Crippen MR) is 93.1 cm³/mol. The number of nitro benzene ring substituents is 1. The van der Waals surface area contributed by atoms with Gasteiger partial charge in [0.1, 0.15) is 6.04 Å². The zero-order chi connectivity index (χ0) is 21.4. The molecule has 0 aliphatic carbocycles. The first-order valence-electron chi connectivity index (χ1n) is 8.03. The van der Waals surface area contributed by atoms with Crippen LogP contribution in [0.4, 0.5) is 5.69 Å². The number of carboxylic acid groups (broad SMARTS) is 1. The molecule has 0 radical (unpaired) electrons. The Labute approximate surface area is 159 Å². The SMILES string of the molecule is COC(=O)C(C(=O)OC)[C@@H](C)[C@@H](NC(=O)Cc1cccc([N+](=O)[O-])c1)C(=O)O. The third-order valence-corrected chi connectivity index (χ3v) is 4.03. The zero-order valence-electron chi connectivity index (χ0n) is 15.4. The maximum Gasteiger partial charge on any atom is 0.326 e. The Morgan fingerprint density at radius 3 is 2.21 bits per heavy atom. The van der Waals surface area contributed by atoms with E-state index in [1.54, 1.807) is 0 Å². The van der Waals surface area contributed by atoms with Crippen molar-refractivity contribution in [1.29, 1.82) is 0 Å². The fourth-order valence-corrected chi connectivity index (χ4v) is 2.58. The van der Waals surface area contributed by atoms with E-state index in [0.717, 1.165) is 14.2 Å². The molecule has 0 aromatic heterocycles. The highest BCUT2D eigenvalue weighted by molar-refractivity contribution is 5.96. The van der Waals surface area contributed by atoms with Crippen molar-refractivity contribution in [2.24, 2.45) is 11.8 Å². The molecule has 2 atom stereocenters. The fourth-order valence-electron chi connectivity index (χ4n) is 2.58. The van der Waals surface area contributed by atoms with Crippen molar-refractivity contribution in [1.82, 2.24) is 5.32 Å². The highest BCUT2D eigenvalue weighted by Gasteiger charge is 2.42. The smallest absolute Gasteiger partial charge is 0.326 e. The molecular formula is C17H20N2O9. The Morgan fingerprint density at radius 2 is 1.75 bits per heavy atom. The van der Waals surface area contributed by atoms with Gasteiger partial charge < -0.3 is 19.9 Å². The molecule has 0 aliphatic rings. The van der Waals surface area contributed by atoms with Crippen LogP contribution in [0.25, 0.3) is 0 Å². The summed E-state index contributed by atoms with van der Waals surface area (Å²) in [5.41, 5.74) is 0.0749. The maximum atomic E-state index is 12.2. The van der Waals surface area contributed by atoms with E-state index in [1.807, 2.05) is 0 Å². The van der Waals surface area contributed by atoms with Gasteiger partial charge in [-0.2, -0.15) is 0 Å². The molecule has 11 nitrogen and oxygen atoms in total. The van der Waals surface area contributed by atoms with Crippen molar-refractivity contribution in [2.45, 2.75) is 19.4 Å². The minimum atomic E-state index is -1.60. The van der Waals surface area contributed by atoms with E-state index < -0.39 is 46.6 Å². The number of benzene rings is 1. The van der Waals surface area contributed by atoms with Crippen molar-refractivity contribution >= 4 is 29.5 Å². The number of amides is 1. The number of nitro groups is 1. The molecule has 1 rings (SSSR count). The number of carboxylic acids is 1. The monoisotopic (exact) mass is 396 g/mol. The minimum Gasteiger partial charge on any atom is -0.480 e. The average molecular weight is 396 g/mol. The fraction of sp³-hybridized carbons (Fsp3) is 0.412. The van der Waals surface area contributed by atoms with Gasteiger partial charge in [0, 0.05) is 18.1 Å². The van der Waals surface area contributed by atoms with E-state index >= 15 is 0 Å². The number of methoxy groups -OCH3 is 2. The third kappa shape index (κ3) is 5.76. The van der Waals surface area contributed by atoms with Gasteiger partial charge in [0.25, 0.3) is 5.69 Å². The summed E-state index contributed by atoms with van der Waals surface area (Å²) in [6.45, 7) is 1.28.